The molecule has 26 heavy (non-hydrogen) atoms. The van der Waals surface area contributed by atoms with E-state index >= 15 is 0 Å². The molecule has 1 aromatic heterocycles. The number of likely N-dealkylation sites (N-methyl/N-ethyl adjacent to an activating group) is 1. The smallest absolute Gasteiger partial charge is 0.410 e. The monoisotopic (exact) mass is 355 g/mol. The van der Waals surface area contributed by atoms with E-state index in [-0.39, 0.29) is 23.0 Å². The van der Waals surface area contributed by atoms with Crippen LogP contribution in [0.5, 0.6) is 0 Å². The predicted molar refractivity (Wildman–Crippen MR) is 96.3 cm³/mol. The zero-order valence-corrected chi connectivity index (χ0v) is 15.1. The molecule has 7 nitrogen and oxygen atoms in total. The van der Waals surface area contributed by atoms with Crippen molar-refractivity contribution in [3.8, 4) is 0 Å². The molecule has 0 saturated carbocycles. The number of pyridine rings is 1. The van der Waals surface area contributed by atoms with Gasteiger partial charge in [0.25, 0.3) is 5.91 Å². The summed E-state index contributed by atoms with van der Waals surface area (Å²) in [5.74, 6) is -0.309. The topological polar surface area (TPSA) is 71.8 Å². The molecular weight excluding hydrogens is 334 g/mol. The minimum atomic E-state index is -0.653. The SMILES string of the molecule is Cc1ccc2c(c1)c(=O)c(C(=O)N1CC[C@@]3(CN(C)C(=O)O3)C1)cn2C. The van der Waals surface area contributed by atoms with Crippen LogP contribution in [0.3, 0.4) is 0 Å². The molecule has 7 heteroatoms. The molecule has 136 valence electrons. The maximum atomic E-state index is 13.0. The van der Waals surface area contributed by atoms with Crippen LogP contribution in [0.25, 0.3) is 10.9 Å². The lowest BCUT2D eigenvalue weighted by Gasteiger charge is -2.22. The summed E-state index contributed by atoms with van der Waals surface area (Å²) in [6.45, 7) is 3.17. The van der Waals surface area contributed by atoms with Crippen molar-refractivity contribution in [3.05, 3.63) is 45.7 Å². The number of carbonyl (C=O) groups excluding carboxylic acids is 2. The van der Waals surface area contributed by atoms with E-state index < -0.39 is 5.60 Å². The number of hydrogen-bond acceptors (Lipinski definition) is 4. The zero-order valence-electron chi connectivity index (χ0n) is 15.1. The molecule has 2 amide bonds. The average molecular weight is 355 g/mol. The number of carbonyl (C=O) groups is 2. The van der Waals surface area contributed by atoms with Gasteiger partial charge in [-0.2, -0.15) is 0 Å². The van der Waals surface area contributed by atoms with Gasteiger partial charge in [0.1, 0.15) is 5.56 Å². The highest BCUT2D eigenvalue weighted by Crippen LogP contribution is 2.32. The quantitative estimate of drug-likeness (QED) is 0.777. The number of ether oxygens (including phenoxy) is 1. The van der Waals surface area contributed by atoms with E-state index in [9.17, 15) is 14.4 Å². The minimum Gasteiger partial charge on any atom is -0.439 e. The van der Waals surface area contributed by atoms with E-state index in [4.69, 9.17) is 4.74 Å². The molecule has 2 aromatic rings. The molecular formula is C19H21N3O4. The van der Waals surface area contributed by atoms with Gasteiger partial charge in [-0.3, -0.25) is 9.59 Å². The third-order valence-electron chi connectivity index (χ3n) is 5.32. The van der Waals surface area contributed by atoms with Gasteiger partial charge in [0, 0.05) is 38.6 Å². The summed E-state index contributed by atoms with van der Waals surface area (Å²) < 4.78 is 7.29. The van der Waals surface area contributed by atoms with Gasteiger partial charge in [-0.1, -0.05) is 11.6 Å². The van der Waals surface area contributed by atoms with Gasteiger partial charge in [0.05, 0.1) is 18.6 Å². The molecule has 2 aliphatic rings. The van der Waals surface area contributed by atoms with Crippen molar-refractivity contribution in [3.63, 3.8) is 0 Å². The van der Waals surface area contributed by atoms with Crippen LogP contribution in [-0.2, 0) is 11.8 Å². The molecule has 2 aliphatic heterocycles. The number of aromatic nitrogens is 1. The van der Waals surface area contributed by atoms with Gasteiger partial charge < -0.3 is 19.1 Å². The molecule has 3 heterocycles. The molecule has 1 aromatic carbocycles. The van der Waals surface area contributed by atoms with E-state index in [1.807, 2.05) is 32.2 Å². The molecule has 1 spiro atoms. The van der Waals surface area contributed by atoms with Crippen LogP contribution >= 0.6 is 0 Å². The lowest BCUT2D eigenvalue weighted by molar-refractivity contribution is 0.0552. The van der Waals surface area contributed by atoms with Crippen LogP contribution in [-0.4, -0.2) is 58.7 Å². The second kappa shape index (κ2) is 5.59. The van der Waals surface area contributed by atoms with Crippen molar-refractivity contribution < 1.29 is 14.3 Å². The van der Waals surface area contributed by atoms with Crippen LogP contribution in [0, 0.1) is 6.92 Å². The summed E-state index contributed by atoms with van der Waals surface area (Å²) in [6.07, 6.45) is 1.82. The van der Waals surface area contributed by atoms with Gasteiger partial charge in [0.15, 0.2) is 5.60 Å². The van der Waals surface area contributed by atoms with Gasteiger partial charge in [0.2, 0.25) is 5.43 Å². The first-order chi connectivity index (χ1) is 12.3. The van der Waals surface area contributed by atoms with Gasteiger partial charge >= 0.3 is 6.09 Å². The Labute approximate surface area is 150 Å². The molecule has 0 aliphatic carbocycles. The van der Waals surface area contributed by atoms with E-state index in [0.717, 1.165) is 11.1 Å². The van der Waals surface area contributed by atoms with E-state index in [0.29, 0.717) is 31.4 Å². The Morgan fingerprint density at radius 2 is 1.96 bits per heavy atom. The minimum absolute atomic E-state index is 0.153. The number of rotatable bonds is 1. The Balaban J connectivity index is 1.68. The number of aryl methyl sites for hydroxylation is 2. The molecule has 2 saturated heterocycles. The van der Waals surface area contributed by atoms with Gasteiger partial charge in [-0.25, -0.2) is 4.79 Å². The van der Waals surface area contributed by atoms with Crippen LogP contribution < -0.4 is 5.43 Å². The summed E-state index contributed by atoms with van der Waals surface area (Å²) >= 11 is 0. The summed E-state index contributed by atoms with van der Waals surface area (Å²) in [5, 5.41) is 0.541. The van der Waals surface area contributed by atoms with Crippen LogP contribution in [0.2, 0.25) is 0 Å². The fourth-order valence-electron chi connectivity index (χ4n) is 3.95. The first kappa shape index (κ1) is 16.6. The fourth-order valence-corrected chi connectivity index (χ4v) is 3.95. The van der Waals surface area contributed by atoms with E-state index in [1.54, 1.807) is 22.7 Å². The maximum Gasteiger partial charge on any atom is 0.410 e. The normalized spacial score (nSPS) is 22.5. The highest BCUT2D eigenvalue weighted by Gasteiger charge is 2.49. The number of benzene rings is 1. The van der Waals surface area contributed by atoms with Crippen molar-refractivity contribution in [2.45, 2.75) is 18.9 Å². The fraction of sp³-hybridized carbons (Fsp3) is 0.421. The van der Waals surface area contributed by atoms with Crippen LogP contribution in [0.1, 0.15) is 22.3 Å². The number of fused-ring (bicyclic) bond motifs is 1. The third-order valence-corrected chi connectivity index (χ3v) is 5.32. The number of likely N-dealkylation sites (tertiary alicyclic amines) is 1. The lowest BCUT2D eigenvalue weighted by Crippen LogP contribution is -2.40. The highest BCUT2D eigenvalue weighted by molar-refractivity contribution is 5.97. The number of nitrogens with zero attached hydrogens (tertiary/aromatic N) is 3. The Morgan fingerprint density at radius 1 is 1.19 bits per heavy atom. The van der Waals surface area contributed by atoms with Crippen molar-refractivity contribution in [1.82, 2.24) is 14.4 Å². The Bertz CT molecular complexity index is 996. The number of hydrogen-bond donors (Lipinski definition) is 0. The standard InChI is InChI=1S/C19H21N3O4/c1-12-4-5-15-13(8-12)16(23)14(9-20(15)2)17(24)22-7-6-19(11-22)10-21(3)18(25)26-19/h4-5,8-9H,6-7,10-11H2,1-3H3/t19-/m1/s1. The zero-order chi connectivity index (χ0) is 18.6. The van der Waals surface area contributed by atoms with Crippen LogP contribution in [0.4, 0.5) is 4.79 Å². The second-order valence-corrected chi connectivity index (χ2v) is 7.39. The van der Waals surface area contributed by atoms with Crippen molar-refractivity contribution >= 4 is 22.9 Å². The second-order valence-electron chi connectivity index (χ2n) is 7.39. The molecule has 2 fully saturated rings. The lowest BCUT2D eigenvalue weighted by atomic mass is 10.0. The summed E-state index contributed by atoms with van der Waals surface area (Å²) in [6, 6.07) is 5.64. The number of amides is 2. The predicted octanol–water partition coefficient (Wildman–Crippen LogP) is 1.51. The summed E-state index contributed by atoms with van der Waals surface area (Å²) in [7, 11) is 3.51. The first-order valence-electron chi connectivity index (χ1n) is 8.63. The average Bonchev–Trinajstić information content (AvgIpc) is 3.13. The summed E-state index contributed by atoms with van der Waals surface area (Å²) in [4.78, 5) is 40.7. The van der Waals surface area contributed by atoms with Crippen molar-refractivity contribution in [2.24, 2.45) is 7.05 Å². The van der Waals surface area contributed by atoms with Crippen molar-refractivity contribution in [2.75, 3.05) is 26.7 Å². The van der Waals surface area contributed by atoms with Gasteiger partial charge in [-0.05, 0) is 19.1 Å². The van der Waals surface area contributed by atoms with Crippen molar-refractivity contribution in [1.29, 1.82) is 0 Å². The third kappa shape index (κ3) is 2.46. The van der Waals surface area contributed by atoms with Crippen LogP contribution in [0.15, 0.2) is 29.2 Å². The summed E-state index contributed by atoms with van der Waals surface area (Å²) in [5.41, 5.74) is 1.01. The van der Waals surface area contributed by atoms with E-state index in [1.165, 1.54) is 4.90 Å². The highest BCUT2D eigenvalue weighted by atomic mass is 16.6. The Morgan fingerprint density at radius 3 is 2.65 bits per heavy atom. The largest absolute Gasteiger partial charge is 0.439 e. The van der Waals surface area contributed by atoms with Gasteiger partial charge in [-0.15, -0.1) is 0 Å². The van der Waals surface area contributed by atoms with E-state index in [2.05, 4.69) is 0 Å². The molecule has 1 atom stereocenters. The molecule has 0 radical (unpaired) electrons. The molecule has 0 N–H and O–H groups in total. The Hall–Kier alpha value is -2.83. The molecule has 0 bridgehead atoms. The molecule has 0 unspecified atom stereocenters. The molecule has 4 rings (SSSR count). The maximum absolute atomic E-state index is 13.0. The Kier molecular flexibility index (Phi) is 3.57. The first-order valence-corrected chi connectivity index (χ1v) is 8.63.